The number of piperidine rings is 1. The van der Waals surface area contributed by atoms with Gasteiger partial charge in [-0.3, -0.25) is 9.69 Å². The molecule has 0 aliphatic carbocycles. The van der Waals surface area contributed by atoms with E-state index >= 15 is 0 Å². The number of carbonyl (C=O) groups excluding carboxylic acids is 1. The van der Waals surface area contributed by atoms with E-state index in [0.717, 1.165) is 0 Å². The van der Waals surface area contributed by atoms with Gasteiger partial charge < -0.3 is 10.8 Å². The van der Waals surface area contributed by atoms with E-state index in [0.29, 0.717) is 12.8 Å². The lowest BCUT2D eigenvalue weighted by atomic mass is 9.91. The first-order valence-electron chi connectivity index (χ1n) is 5.06. The average Bonchev–Trinajstić information content (AvgIpc) is 2.15. The number of hydrogen-bond donors (Lipinski definition) is 2. The number of hydrogen-bond acceptors (Lipinski definition) is 3. The first-order chi connectivity index (χ1) is 7.29. The number of likely N-dealkylation sites (tertiary alicyclic amines) is 1. The molecular weight excluding hydrogens is 225 g/mol. The van der Waals surface area contributed by atoms with Gasteiger partial charge in [-0.1, -0.05) is 0 Å². The first-order valence-corrected chi connectivity index (χ1v) is 5.06. The Balaban J connectivity index is 2.37. The van der Waals surface area contributed by atoms with E-state index in [1.165, 1.54) is 4.90 Å². The summed E-state index contributed by atoms with van der Waals surface area (Å²) in [5.41, 5.74) is 4.92. The van der Waals surface area contributed by atoms with E-state index in [4.69, 9.17) is 5.73 Å². The van der Waals surface area contributed by atoms with Crippen LogP contribution < -0.4 is 5.73 Å². The molecule has 4 nitrogen and oxygen atoms in total. The fraction of sp³-hybridized carbons (Fsp3) is 0.889. The monoisotopic (exact) mass is 240 g/mol. The van der Waals surface area contributed by atoms with Crippen LogP contribution in [-0.2, 0) is 4.79 Å². The minimum atomic E-state index is -4.20. The molecule has 1 fully saturated rings. The van der Waals surface area contributed by atoms with Gasteiger partial charge in [0.15, 0.2) is 0 Å². The molecule has 1 heterocycles. The third-order valence-electron chi connectivity index (χ3n) is 2.77. The topological polar surface area (TPSA) is 66.6 Å². The molecule has 0 radical (unpaired) electrons. The van der Waals surface area contributed by atoms with Gasteiger partial charge in [0.05, 0.1) is 6.54 Å². The van der Waals surface area contributed by atoms with Crippen molar-refractivity contribution in [2.24, 2.45) is 11.7 Å². The highest BCUT2D eigenvalue weighted by molar-refractivity contribution is 5.78. The molecule has 1 saturated heterocycles. The third kappa shape index (κ3) is 3.97. The van der Waals surface area contributed by atoms with Gasteiger partial charge in [0.2, 0.25) is 5.91 Å². The fourth-order valence-electron chi connectivity index (χ4n) is 1.91. The molecule has 1 aliphatic heterocycles. The summed E-state index contributed by atoms with van der Waals surface area (Å²) in [6.07, 6.45) is -4.72. The van der Waals surface area contributed by atoms with E-state index in [1.54, 1.807) is 0 Å². The van der Waals surface area contributed by atoms with Crippen molar-refractivity contribution in [3.63, 3.8) is 0 Å². The van der Waals surface area contributed by atoms with Crippen LogP contribution in [0.3, 0.4) is 0 Å². The van der Waals surface area contributed by atoms with E-state index in [-0.39, 0.29) is 19.0 Å². The fourth-order valence-corrected chi connectivity index (χ4v) is 1.91. The van der Waals surface area contributed by atoms with Crippen molar-refractivity contribution < 1.29 is 23.1 Å². The maximum atomic E-state index is 12.1. The number of nitrogens with zero attached hydrogens (tertiary/aromatic N) is 1. The second-order valence-electron chi connectivity index (χ2n) is 4.08. The summed E-state index contributed by atoms with van der Waals surface area (Å²) in [5, 5.41) is 9.35. The summed E-state index contributed by atoms with van der Waals surface area (Å²) in [6.45, 7) is -0.477. The molecule has 1 amide bonds. The van der Waals surface area contributed by atoms with Gasteiger partial charge in [-0.05, 0) is 31.8 Å². The Labute approximate surface area is 91.2 Å². The number of alkyl halides is 3. The molecule has 0 aromatic rings. The Kier molecular flexibility index (Phi) is 4.15. The smallest absolute Gasteiger partial charge is 0.383 e. The zero-order valence-electron chi connectivity index (χ0n) is 8.70. The molecule has 94 valence electrons. The van der Waals surface area contributed by atoms with Crippen LogP contribution in [0.2, 0.25) is 0 Å². The maximum Gasteiger partial charge on any atom is 0.401 e. The van der Waals surface area contributed by atoms with Gasteiger partial charge in [-0.2, -0.15) is 13.2 Å². The van der Waals surface area contributed by atoms with Crippen molar-refractivity contribution in [2.45, 2.75) is 25.1 Å². The minimum Gasteiger partial charge on any atom is -0.383 e. The predicted octanol–water partition coefficient (Wildman–Crippen LogP) is 0.107. The lowest BCUT2D eigenvalue weighted by Gasteiger charge is -2.33. The molecule has 16 heavy (non-hydrogen) atoms. The first kappa shape index (κ1) is 13.2. The van der Waals surface area contributed by atoms with E-state index in [2.05, 4.69) is 0 Å². The number of halogens is 3. The van der Waals surface area contributed by atoms with Gasteiger partial charge in [0, 0.05) is 0 Å². The Bertz CT molecular complexity index is 250. The van der Waals surface area contributed by atoms with Crippen LogP contribution in [0.1, 0.15) is 12.8 Å². The quantitative estimate of drug-likeness (QED) is 0.735. The molecule has 3 N–H and O–H groups in total. The Morgan fingerprint density at radius 3 is 2.31 bits per heavy atom. The molecule has 0 saturated carbocycles. The van der Waals surface area contributed by atoms with Crippen molar-refractivity contribution in [3.8, 4) is 0 Å². The molecule has 0 aromatic carbocycles. The summed E-state index contributed by atoms with van der Waals surface area (Å²) < 4.78 is 36.2. The molecule has 1 aliphatic rings. The molecule has 0 spiro atoms. The van der Waals surface area contributed by atoms with E-state index in [9.17, 15) is 23.1 Å². The van der Waals surface area contributed by atoms with Gasteiger partial charge >= 0.3 is 6.18 Å². The lowest BCUT2D eigenvalue weighted by Crippen LogP contribution is -2.45. The molecule has 1 rings (SSSR count). The molecule has 7 heteroatoms. The number of aliphatic hydroxyl groups excluding tert-OH is 1. The second kappa shape index (κ2) is 5.01. The standard InChI is InChI=1S/C9H15F3N2O2/c10-9(11,12)5-14-3-1-6(2-4-14)7(15)8(13)16/h6-7,15H,1-5H2,(H2,13,16)/t7-/m1/s1. The lowest BCUT2D eigenvalue weighted by molar-refractivity contribution is -0.151. The second-order valence-corrected chi connectivity index (χ2v) is 4.08. The number of nitrogens with two attached hydrogens (primary N) is 1. The summed E-state index contributed by atoms with van der Waals surface area (Å²) in [5.74, 6) is -1.13. The number of primary amides is 1. The molecule has 0 aromatic heterocycles. The van der Waals surface area contributed by atoms with Gasteiger partial charge in [-0.25, -0.2) is 0 Å². The van der Waals surface area contributed by atoms with Gasteiger partial charge in [0.25, 0.3) is 0 Å². The molecule has 1 atom stereocenters. The average molecular weight is 240 g/mol. The van der Waals surface area contributed by atoms with Crippen molar-refractivity contribution in [1.82, 2.24) is 4.90 Å². The van der Waals surface area contributed by atoms with Crippen molar-refractivity contribution in [1.29, 1.82) is 0 Å². The van der Waals surface area contributed by atoms with Gasteiger partial charge in [0.1, 0.15) is 6.10 Å². The number of rotatable bonds is 3. The van der Waals surface area contributed by atoms with Crippen LogP contribution in [0.15, 0.2) is 0 Å². The highest BCUT2D eigenvalue weighted by atomic mass is 19.4. The normalized spacial score (nSPS) is 22.0. The maximum absolute atomic E-state index is 12.1. The third-order valence-corrected chi connectivity index (χ3v) is 2.77. The van der Waals surface area contributed by atoms with Crippen LogP contribution in [-0.4, -0.2) is 47.8 Å². The summed E-state index contributed by atoms with van der Waals surface area (Å²) in [6, 6.07) is 0. The SMILES string of the molecule is NC(=O)[C@H](O)C1CCN(CC(F)(F)F)CC1. The minimum absolute atomic E-state index is 0.231. The van der Waals surface area contributed by atoms with Crippen molar-refractivity contribution in [2.75, 3.05) is 19.6 Å². The number of amides is 1. The zero-order valence-corrected chi connectivity index (χ0v) is 8.70. The number of carbonyl (C=O) groups is 1. The van der Waals surface area contributed by atoms with Crippen molar-refractivity contribution >= 4 is 5.91 Å². The largest absolute Gasteiger partial charge is 0.401 e. The van der Waals surface area contributed by atoms with Gasteiger partial charge in [-0.15, -0.1) is 0 Å². The summed E-state index contributed by atoms with van der Waals surface area (Å²) in [4.78, 5) is 12.0. The summed E-state index contributed by atoms with van der Waals surface area (Å²) >= 11 is 0. The van der Waals surface area contributed by atoms with Crippen LogP contribution in [0, 0.1) is 5.92 Å². The van der Waals surface area contributed by atoms with Crippen LogP contribution in [0.4, 0.5) is 13.2 Å². The molecule has 0 bridgehead atoms. The Morgan fingerprint density at radius 1 is 1.44 bits per heavy atom. The highest BCUT2D eigenvalue weighted by Crippen LogP contribution is 2.24. The highest BCUT2D eigenvalue weighted by Gasteiger charge is 2.34. The van der Waals surface area contributed by atoms with E-state index < -0.39 is 24.7 Å². The van der Waals surface area contributed by atoms with Crippen LogP contribution >= 0.6 is 0 Å². The zero-order chi connectivity index (χ0) is 12.3. The Morgan fingerprint density at radius 2 is 1.94 bits per heavy atom. The van der Waals surface area contributed by atoms with Crippen LogP contribution in [0.25, 0.3) is 0 Å². The molecule has 0 unspecified atom stereocenters. The van der Waals surface area contributed by atoms with E-state index in [1.807, 2.05) is 0 Å². The Hall–Kier alpha value is -0.820. The number of aliphatic hydroxyl groups is 1. The summed E-state index contributed by atoms with van der Waals surface area (Å²) in [7, 11) is 0. The van der Waals surface area contributed by atoms with Crippen LogP contribution in [0.5, 0.6) is 0 Å². The van der Waals surface area contributed by atoms with Crippen molar-refractivity contribution in [3.05, 3.63) is 0 Å². The predicted molar refractivity (Wildman–Crippen MR) is 50.4 cm³/mol. The molecular formula is C9H15F3N2O2.